The molecule has 1 amide bonds. The summed E-state index contributed by atoms with van der Waals surface area (Å²) in [6, 6.07) is 9.84. The van der Waals surface area contributed by atoms with Crippen LogP contribution in [0.1, 0.15) is 21.5 Å². The number of anilines is 2. The fourth-order valence-corrected chi connectivity index (χ4v) is 1.89. The first-order valence-electron chi connectivity index (χ1n) is 6.12. The Morgan fingerprint density at radius 2 is 1.86 bits per heavy atom. The predicted octanol–water partition coefficient (Wildman–Crippen LogP) is 3.85. The van der Waals surface area contributed by atoms with Crippen LogP contribution in [0.2, 0.25) is 0 Å². The summed E-state index contributed by atoms with van der Waals surface area (Å²) in [7, 11) is 0. The number of aryl methyl sites for hydroxylation is 1. The van der Waals surface area contributed by atoms with Crippen LogP contribution < -0.4 is 11.1 Å². The van der Waals surface area contributed by atoms with Gasteiger partial charge in [-0.3, -0.25) is 4.79 Å². The van der Waals surface area contributed by atoms with Crippen LogP contribution in [0.4, 0.5) is 24.5 Å². The molecule has 0 atom stereocenters. The summed E-state index contributed by atoms with van der Waals surface area (Å²) in [6.45, 7) is 1.79. The maximum atomic E-state index is 12.9. The number of nitrogen functional groups attached to an aromatic ring is 1. The van der Waals surface area contributed by atoms with Gasteiger partial charge in [0.25, 0.3) is 5.91 Å². The van der Waals surface area contributed by atoms with Gasteiger partial charge in [0.15, 0.2) is 0 Å². The molecule has 6 heteroatoms. The van der Waals surface area contributed by atoms with Crippen LogP contribution in [0.25, 0.3) is 0 Å². The highest BCUT2D eigenvalue weighted by Crippen LogP contribution is 2.36. The van der Waals surface area contributed by atoms with E-state index in [2.05, 4.69) is 5.32 Å². The van der Waals surface area contributed by atoms with Gasteiger partial charge in [-0.15, -0.1) is 0 Å². The molecule has 0 unspecified atom stereocenters. The molecule has 0 saturated carbocycles. The van der Waals surface area contributed by atoms with Gasteiger partial charge in [0.2, 0.25) is 0 Å². The molecular weight excluding hydrogens is 281 g/mol. The summed E-state index contributed by atoms with van der Waals surface area (Å²) in [4.78, 5) is 12.0. The quantitative estimate of drug-likeness (QED) is 0.827. The molecule has 0 aliphatic carbocycles. The molecular formula is C15H13F3N2O. The van der Waals surface area contributed by atoms with Crippen molar-refractivity contribution < 1.29 is 18.0 Å². The number of alkyl halides is 3. The summed E-state index contributed by atoms with van der Waals surface area (Å²) in [5.74, 6) is -0.603. The molecule has 0 fully saturated rings. The van der Waals surface area contributed by atoms with Crippen LogP contribution in [-0.2, 0) is 6.18 Å². The van der Waals surface area contributed by atoms with Crippen molar-refractivity contribution >= 4 is 17.3 Å². The molecule has 2 rings (SSSR count). The van der Waals surface area contributed by atoms with E-state index in [1.54, 1.807) is 25.1 Å². The SMILES string of the molecule is Cc1cccc(C(=O)Nc2ccc(N)cc2C(F)(F)F)c1. The lowest BCUT2D eigenvalue weighted by Gasteiger charge is -2.14. The molecule has 0 aromatic heterocycles. The number of hydrogen-bond acceptors (Lipinski definition) is 2. The van der Waals surface area contributed by atoms with Crippen molar-refractivity contribution in [2.24, 2.45) is 0 Å². The molecule has 0 heterocycles. The zero-order valence-corrected chi connectivity index (χ0v) is 11.2. The lowest BCUT2D eigenvalue weighted by molar-refractivity contribution is -0.136. The molecule has 0 spiro atoms. The van der Waals surface area contributed by atoms with Gasteiger partial charge in [-0.2, -0.15) is 13.2 Å². The topological polar surface area (TPSA) is 55.1 Å². The van der Waals surface area contributed by atoms with Crippen LogP contribution in [0, 0.1) is 6.92 Å². The summed E-state index contributed by atoms with van der Waals surface area (Å²) in [5.41, 5.74) is 5.21. The number of rotatable bonds is 2. The van der Waals surface area contributed by atoms with E-state index in [1.165, 1.54) is 12.1 Å². The molecule has 0 aliphatic rings. The number of nitrogens with one attached hydrogen (secondary N) is 1. The van der Waals surface area contributed by atoms with Crippen molar-refractivity contribution in [1.29, 1.82) is 0 Å². The van der Waals surface area contributed by atoms with Crippen LogP contribution in [0.5, 0.6) is 0 Å². The van der Waals surface area contributed by atoms with Crippen LogP contribution in [-0.4, -0.2) is 5.91 Å². The van der Waals surface area contributed by atoms with E-state index in [1.807, 2.05) is 0 Å². The van der Waals surface area contributed by atoms with Gasteiger partial charge in [-0.1, -0.05) is 17.7 Å². The molecule has 110 valence electrons. The Morgan fingerprint density at radius 3 is 2.48 bits per heavy atom. The summed E-state index contributed by atoms with van der Waals surface area (Å²) < 4.78 is 38.8. The van der Waals surface area contributed by atoms with E-state index in [0.717, 1.165) is 17.7 Å². The fraction of sp³-hybridized carbons (Fsp3) is 0.133. The minimum atomic E-state index is -4.59. The Morgan fingerprint density at radius 1 is 1.14 bits per heavy atom. The van der Waals surface area contributed by atoms with Crippen molar-refractivity contribution in [3.05, 3.63) is 59.2 Å². The number of nitrogens with two attached hydrogens (primary N) is 1. The largest absolute Gasteiger partial charge is 0.418 e. The van der Waals surface area contributed by atoms with Crippen molar-refractivity contribution in [3.8, 4) is 0 Å². The maximum Gasteiger partial charge on any atom is 0.418 e. The van der Waals surface area contributed by atoms with Crippen molar-refractivity contribution in [2.45, 2.75) is 13.1 Å². The van der Waals surface area contributed by atoms with Gasteiger partial charge >= 0.3 is 6.18 Å². The monoisotopic (exact) mass is 294 g/mol. The van der Waals surface area contributed by atoms with E-state index in [0.29, 0.717) is 5.56 Å². The fourth-order valence-electron chi connectivity index (χ4n) is 1.89. The van der Waals surface area contributed by atoms with E-state index in [-0.39, 0.29) is 11.4 Å². The molecule has 2 aromatic rings. The van der Waals surface area contributed by atoms with E-state index >= 15 is 0 Å². The number of halogens is 3. The van der Waals surface area contributed by atoms with Gasteiger partial charge in [0.05, 0.1) is 11.3 Å². The molecule has 3 N–H and O–H groups in total. The molecule has 3 nitrogen and oxygen atoms in total. The second-order valence-corrected chi connectivity index (χ2v) is 4.63. The third kappa shape index (κ3) is 3.53. The molecule has 0 bridgehead atoms. The van der Waals surface area contributed by atoms with Gasteiger partial charge in [-0.05, 0) is 37.3 Å². The van der Waals surface area contributed by atoms with Crippen LogP contribution in [0.3, 0.4) is 0 Å². The van der Waals surface area contributed by atoms with Gasteiger partial charge in [0.1, 0.15) is 0 Å². The molecule has 0 aliphatic heterocycles. The van der Waals surface area contributed by atoms with Crippen LogP contribution in [0.15, 0.2) is 42.5 Å². The standard InChI is InChI=1S/C15H13F3N2O/c1-9-3-2-4-10(7-9)14(21)20-13-6-5-11(19)8-12(13)15(16,17)18/h2-8H,19H2,1H3,(H,20,21). The molecule has 2 aromatic carbocycles. The number of hydrogen-bond donors (Lipinski definition) is 2. The Labute approximate surface area is 119 Å². The molecule has 21 heavy (non-hydrogen) atoms. The molecule has 0 radical (unpaired) electrons. The zero-order valence-electron chi connectivity index (χ0n) is 11.2. The van der Waals surface area contributed by atoms with Crippen molar-refractivity contribution in [3.63, 3.8) is 0 Å². The van der Waals surface area contributed by atoms with Crippen molar-refractivity contribution in [2.75, 3.05) is 11.1 Å². The third-order valence-corrected chi connectivity index (χ3v) is 2.88. The van der Waals surface area contributed by atoms with Gasteiger partial charge in [-0.25, -0.2) is 0 Å². The Bertz CT molecular complexity index is 681. The second kappa shape index (κ2) is 5.47. The lowest BCUT2D eigenvalue weighted by Crippen LogP contribution is -2.17. The predicted molar refractivity (Wildman–Crippen MR) is 75.0 cm³/mol. The first kappa shape index (κ1) is 14.9. The van der Waals surface area contributed by atoms with E-state index < -0.39 is 17.6 Å². The number of amides is 1. The number of carbonyl (C=O) groups is 1. The van der Waals surface area contributed by atoms with Crippen molar-refractivity contribution in [1.82, 2.24) is 0 Å². The Hall–Kier alpha value is -2.50. The zero-order chi connectivity index (χ0) is 15.6. The Kier molecular flexibility index (Phi) is 3.88. The first-order valence-corrected chi connectivity index (χ1v) is 6.12. The lowest BCUT2D eigenvalue weighted by atomic mass is 10.1. The molecule has 0 saturated heterocycles. The highest BCUT2D eigenvalue weighted by Gasteiger charge is 2.34. The van der Waals surface area contributed by atoms with E-state index in [4.69, 9.17) is 5.73 Å². The highest BCUT2D eigenvalue weighted by molar-refractivity contribution is 6.04. The third-order valence-electron chi connectivity index (χ3n) is 2.88. The highest BCUT2D eigenvalue weighted by atomic mass is 19.4. The number of benzene rings is 2. The smallest absolute Gasteiger partial charge is 0.399 e. The minimum Gasteiger partial charge on any atom is -0.399 e. The van der Waals surface area contributed by atoms with Gasteiger partial charge < -0.3 is 11.1 Å². The average Bonchev–Trinajstić information content (AvgIpc) is 2.39. The maximum absolute atomic E-state index is 12.9. The summed E-state index contributed by atoms with van der Waals surface area (Å²) >= 11 is 0. The average molecular weight is 294 g/mol. The Balaban J connectivity index is 2.34. The minimum absolute atomic E-state index is 0.0177. The van der Waals surface area contributed by atoms with Gasteiger partial charge in [0, 0.05) is 11.3 Å². The number of carbonyl (C=O) groups excluding carboxylic acids is 1. The summed E-state index contributed by atoms with van der Waals surface area (Å²) in [5, 5.41) is 2.27. The van der Waals surface area contributed by atoms with E-state index in [9.17, 15) is 18.0 Å². The first-order chi connectivity index (χ1) is 9.77. The summed E-state index contributed by atoms with van der Waals surface area (Å²) in [6.07, 6.45) is -4.59. The normalized spacial score (nSPS) is 11.2. The second-order valence-electron chi connectivity index (χ2n) is 4.63. The van der Waals surface area contributed by atoms with Crippen LogP contribution >= 0.6 is 0 Å².